The summed E-state index contributed by atoms with van der Waals surface area (Å²) in [5, 5.41) is 10.00. The molecule has 0 atom stereocenters. The van der Waals surface area contributed by atoms with Crippen molar-refractivity contribution in [1.82, 2.24) is 4.57 Å². The van der Waals surface area contributed by atoms with Crippen LogP contribution in [0, 0.1) is 0 Å². The molecule has 2 aliphatic rings. The second-order valence-electron chi connectivity index (χ2n) is 18.8. The predicted molar refractivity (Wildman–Crippen MR) is 290 cm³/mol. The fourth-order valence-corrected chi connectivity index (χ4v) is 12.4. The van der Waals surface area contributed by atoms with E-state index in [0.717, 1.165) is 22.7 Å². The summed E-state index contributed by atoms with van der Waals surface area (Å²) in [7, 11) is 0. The smallest absolute Gasteiger partial charge is 0.0726 e. The van der Waals surface area contributed by atoms with Crippen LogP contribution in [0.4, 0.5) is 17.1 Å². The van der Waals surface area contributed by atoms with Gasteiger partial charge in [0, 0.05) is 38.9 Å². The molecule has 1 heterocycles. The van der Waals surface area contributed by atoms with Crippen LogP contribution in [-0.2, 0) is 5.41 Å². The Labute approximate surface area is 400 Å². The predicted octanol–water partition coefficient (Wildman–Crippen LogP) is 17.7. The first kappa shape index (κ1) is 38.2. The molecule has 0 radical (unpaired) electrons. The number of para-hydroxylation sites is 1. The number of rotatable bonds is 5. The molecule has 2 heteroatoms. The van der Waals surface area contributed by atoms with Gasteiger partial charge in [-0.3, -0.25) is 0 Å². The van der Waals surface area contributed by atoms with Gasteiger partial charge in [-0.2, -0.15) is 0 Å². The SMILES string of the molecule is c1ccc(-n2c3cc(-c4ccc(N(c5ccc6c(c5)C5(c7ccccc7-c7ccccc75)c5ccccc5-6)c5ccc6c(ccc7ccccc76)c5)cc4)ccc3c3ccc4ccccc4c32)cc1. The number of anilines is 3. The third-order valence-electron chi connectivity index (χ3n) is 15.4. The van der Waals surface area contributed by atoms with Gasteiger partial charge >= 0.3 is 0 Å². The highest BCUT2D eigenvalue weighted by Crippen LogP contribution is 2.63. The molecule has 0 fully saturated rings. The van der Waals surface area contributed by atoms with Crippen molar-refractivity contribution >= 4 is 71.2 Å². The highest BCUT2D eigenvalue weighted by molar-refractivity contribution is 6.19. The molecule has 2 aliphatic carbocycles. The maximum Gasteiger partial charge on any atom is 0.0726 e. The summed E-state index contributed by atoms with van der Waals surface area (Å²) in [6.07, 6.45) is 0. The minimum absolute atomic E-state index is 0.444. The van der Waals surface area contributed by atoms with E-state index in [1.54, 1.807) is 0 Å². The van der Waals surface area contributed by atoms with Gasteiger partial charge in [0.15, 0.2) is 0 Å². The van der Waals surface area contributed by atoms with E-state index in [0.29, 0.717) is 0 Å². The first-order valence-corrected chi connectivity index (χ1v) is 24.0. The van der Waals surface area contributed by atoms with E-state index in [9.17, 15) is 0 Å². The standard InChI is InChI=1S/C67H42N2/c1-2-16-48(17-3-1)69-65-41-46(31-36-59(65)60-37-30-45-15-5-7-19-54(45)66(60)69)43-28-32-49(33-29-43)68(50-34-38-53-47(40-50)27-26-44-14-4-6-18-52(44)53)51-35-39-58-57-22-10-13-25-63(57)67(64(58)42-51)61-23-11-8-20-55(61)56-21-9-12-24-62(56)67/h1-42H. The topological polar surface area (TPSA) is 8.17 Å². The molecule has 0 N–H and O–H groups in total. The van der Waals surface area contributed by atoms with Crippen LogP contribution in [0.3, 0.4) is 0 Å². The molecule has 320 valence electrons. The Hall–Kier alpha value is -8.98. The molecular weight excluding hydrogens is 833 g/mol. The van der Waals surface area contributed by atoms with Gasteiger partial charge in [-0.25, -0.2) is 0 Å². The monoisotopic (exact) mass is 874 g/mol. The first-order chi connectivity index (χ1) is 34.2. The lowest BCUT2D eigenvalue weighted by atomic mass is 9.70. The summed E-state index contributed by atoms with van der Waals surface area (Å²) < 4.78 is 2.45. The Bertz CT molecular complexity index is 4190. The maximum atomic E-state index is 2.49. The van der Waals surface area contributed by atoms with Gasteiger partial charge in [0.2, 0.25) is 0 Å². The summed E-state index contributed by atoms with van der Waals surface area (Å²) in [4.78, 5) is 2.46. The molecule has 0 saturated carbocycles. The lowest BCUT2D eigenvalue weighted by molar-refractivity contribution is 0.793. The number of benzene rings is 12. The molecular formula is C67H42N2. The van der Waals surface area contributed by atoms with Crippen LogP contribution >= 0.6 is 0 Å². The summed E-state index contributed by atoms with van der Waals surface area (Å²) >= 11 is 0. The van der Waals surface area contributed by atoms with E-state index >= 15 is 0 Å². The third kappa shape index (κ3) is 5.37. The Morgan fingerprint density at radius 1 is 0.290 bits per heavy atom. The van der Waals surface area contributed by atoms with Crippen LogP contribution in [0.5, 0.6) is 0 Å². The van der Waals surface area contributed by atoms with Crippen LogP contribution in [0.2, 0.25) is 0 Å². The van der Waals surface area contributed by atoms with E-state index in [1.165, 1.54) is 110 Å². The van der Waals surface area contributed by atoms with Gasteiger partial charge in [0.1, 0.15) is 0 Å². The molecule has 0 aliphatic heterocycles. The van der Waals surface area contributed by atoms with Crippen molar-refractivity contribution in [2.24, 2.45) is 0 Å². The van der Waals surface area contributed by atoms with Gasteiger partial charge in [-0.05, 0) is 137 Å². The van der Waals surface area contributed by atoms with Crippen molar-refractivity contribution in [2.75, 3.05) is 4.90 Å². The number of hydrogen-bond donors (Lipinski definition) is 0. The highest BCUT2D eigenvalue weighted by atomic mass is 15.1. The molecule has 12 aromatic carbocycles. The van der Waals surface area contributed by atoms with Crippen molar-refractivity contribution in [3.8, 4) is 39.1 Å². The summed E-state index contributed by atoms with van der Waals surface area (Å²) in [5.41, 5.74) is 19.4. The fourth-order valence-electron chi connectivity index (χ4n) is 12.4. The van der Waals surface area contributed by atoms with Crippen molar-refractivity contribution in [1.29, 1.82) is 0 Å². The summed E-state index contributed by atoms with van der Waals surface area (Å²) in [6.45, 7) is 0. The van der Waals surface area contributed by atoms with E-state index in [-0.39, 0.29) is 0 Å². The van der Waals surface area contributed by atoms with Crippen molar-refractivity contribution in [2.45, 2.75) is 5.41 Å². The van der Waals surface area contributed by atoms with Gasteiger partial charge in [0.05, 0.1) is 16.4 Å². The molecule has 15 rings (SSSR count). The number of hydrogen-bond acceptors (Lipinski definition) is 1. The lowest BCUT2D eigenvalue weighted by Crippen LogP contribution is -2.26. The molecule has 2 nitrogen and oxygen atoms in total. The number of aromatic nitrogens is 1. The quantitative estimate of drug-likeness (QED) is 0.156. The maximum absolute atomic E-state index is 2.49. The van der Waals surface area contributed by atoms with Gasteiger partial charge < -0.3 is 9.47 Å². The average molecular weight is 875 g/mol. The molecule has 0 saturated heterocycles. The molecule has 0 bridgehead atoms. The summed E-state index contributed by atoms with van der Waals surface area (Å²) in [6, 6.07) is 94.9. The normalized spacial score (nSPS) is 13.0. The zero-order chi connectivity index (χ0) is 45.2. The second-order valence-corrected chi connectivity index (χ2v) is 18.8. The van der Waals surface area contributed by atoms with E-state index in [4.69, 9.17) is 0 Å². The lowest BCUT2D eigenvalue weighted by Gasteiger charge is -2.32. The minimum atomic E-state index is -0.444. The van der Waals surface area contributed by atoms with Crippen molar-refractivity contribution in [3.05, 3.63) is 277 Å². The Morgan fingerprint density at radius 3 is 1.51 bits per heavy atom. The first-order valence-electron chi connectivity index (χ1n) is 24.0. The van der Waals surface area contributed by atoms with Crippen LogP contribution < -0.4 is 4.90 Å². The summed E-state index contributed by atoms with van der Waals surface area (Å²) in [5.74, 6) is 0. The Morgan fingerprint density at radius 2 is 0.783 bits per heavy atom. The zero-order valence-electron chi connectivity index (χ0n) is 37.6. The molecule has 69 heavy (non-hydrogen) atoms. The zero-order valence-corrected chi connectivity index (χ0v) is 37.6. The highest BCUT2D eigenvalue weighted by Gasteiger charge is 2.51. The average Bonchev–Trinajstić information content (AvgIpc) is 4.03. The second kappa shape index (κ2) is 14.5. The van der Waals surface area contributed by atoms with E-state index in [2.05, 4.69) is 264 Å². The van der Waals surface area contributed by atoms with E-state index < -0.39 is 5.41 Å². The number of nitrogens with zero attached hydrogens (tertiary/aromatic N) is 2. The van der Waals surface area contributed by atoms with Crippen LogP contribution in [-0.4, -0.2) is 4.57 Å². The van der Waals surface area contributed by atoms with Crippen LogP contribution in [0.25, 0.3) is 93.2 Å². The van der Waals surface area contributed by atoms with E-state index in [1.807, 2.05) is 0 Å². The number of fused-ring (bicyclic) bond motifs is 18. The Kier molecular flexibility index (Phi) is 8.02. The molecule has 0 amide bonds. The largest absolute Gasteiger partial charge is 0.310 e. The fraction of sp³-hybridized carbons (Fsp3) is 0.0149. The van der Waals surface area contributed by atoms with Crippen LogP contribution in [0.1, 0.15) is 22.3 Å². The van der Waals surface area contributed by atoms with Gasteiger partial charge in [-0.1, -0.05) is 200 Å². The van der Waals surface area contributed by atoms with Crippen molar-refractivity contribution in [3.63, 3.8) is 0 Å². The molecule has 13 aromatic rings. The Balaban J connectivity index is 0.922. The molecule has 1 aromatic heterocycles. The van der Waals surface area contributed by atoms with Gasteiger partial charge in [-0.15, -0.1) is 0 Å². The molecule has 0 unspecified atom stereocenters. The minimum Gasteiger partial charge on any atom is -0.310 e. The van der Waals surface area contributed by atoms with Crippen LogP contribution in [0.15, 0.2) is 255 Å². The third-order valence-corrected chi connectivity index (χ3v) is 15.4. The van der Waals surface area contributed by atoms with Gasteiger partial charge in [0.25, 0.3) is 0 Å². The van der Waals surface area contributed by atoms with Crippen molar-refractivity contribution < 1.29 is 0 Å². The molecule has 1 spiro atoms.